The van der Waals surface area contributed by atoms with Gasteiger partial charge in [0, 0.05) is 0 Å². The van der Waals surface area contributed by atoms with Crippen molar-refractivity contribution in [2.45, 2.75) is 103 Å². The SMILES string of the molecule is CCCCCCC(C)P(O)(O)(O)C(C)CCCCCC. The van der Waals surface area contributed by atoms with Gasteiger partial charge in [0.1, 0.15) is 0 Å². The molecule has 0 aliphatic carbocycles. The van der Waals surface area contributed by atoms with Crippen LogP contribution in [-0.2, 0) is 0 Å². The van der Waals surface area contributed by atoms with E-state index in [0.717, 1.165) is 25.7 Å². The first-order chi connectivity index (χ1) is 9.24. The van der Waals surface area contributed by atoms with Crippen LogP contribution in [0.4, 0.5) is 0 Å². The van der Waals surface area contributed by atoms with E-state index in [1.165, 1.54) is 25.7 Å². The molecule has 0 radical (unpaired) electrons. The van der Waals surface area contributed by atoms with Crippen LogP contribution >= 0.6 is 7.28 Å². The molecule has 2 unspecified atom stereocenters. The zero-order chi connectivity index (χ0) is 15.7. The Labute approximate surface area is 126 Å². The Balaban J connectivity index is 4.28. The summed E-state index contributed by atoms with van der Waals surface area (Å²) in [5.74, 6) is 0. The molecule has 0 fully saturated rings. The molecule has 2 atom stereocenters. The van der Waals surface area contributed by atoms with Crippen LogP contribution in [0.15, 0.2) is 0 Å². The topological polar surface area (TPSA) is 60.7 Å². The van der Waals surface area contributed by atoms with E-state index in [4.69, 9.17) is 0 Å². The summed E-state index contributed by atoms with van der Waals surface area (Å²) < 4.78 is 0. The molecule has 0 bridgehead atoms. The molecule has 0 rings (SSSR count). The maximum atomic E-state index is 10.5. The summed E-state index contributed by atoms with van der Waals surface area (Å²) in [4.78, 5) is 31.4. The summed E-state index contributed by atoms with van der Waals surface area (Å²) in [6.07, 6.45) is 10.3. The van der Waals surface area contributed by atoms with Gasteiger partial charge in [0.05, 0.1) is 0 Å². The molecule has 0 aliphatic heterocycles. The number of rotatable bonds is 12. The van der Waals surface area contributed by atoms with Crippen LogP contribution in [0.1, 0.15) is 91.9 Å². The summed E-state index contributed by atoms with van der Waals surface area (Å²) in [7, 11) is -4.51. The van der Waals surface area contributed by atoms with Crippen LogP contribution in [0, 0.1) is 0 Å². The van der Waals surface area contributed by atoms with Gasteiger partial charge in [-0.3, -0.25) is 0 Å². The fraction of sp³-hybridized carbons (Fsp3) is 1.00. The Morgan fingerprint density at radius 3 is 1.30 bits per heavy atom. The second kappa shape index (κ2) is 9.35. The van der Waals surface area contributed by atoms with Gasteiger partial charge in [-0.2, -0.15) is 0 Å². The minimum absolute atomic E-state index is 0.390. The number of hydrogen-bond donors (Lipinski definition) is 3. The van der Waals surface area contributed by atoms with Crippen molar-refractivity contribution in [1.29, 1.82) is 0 Å². The molecule has 3 N–H and O–H groups in total. The van der Waals surface area contributed by atoms with Gasteiger partial charge < -0.3 is 0 Å². The van der Waals surface area contributed by atoms with E-state index in [9.17, 15) is 14.7 Å². The second-order valence-electron chi connectivity index (χ2n) is 6.51. The summed E-state index contributed by atoms with van der Waals surface area (Å²) in [5, 5.41) is 0. The second-order valence-corrected chi connectivity index (χ2v) is 10.5. The van der Waals surface area contributed by atoms with Crippen molar-refractivity contribution in [3.8, 4) is 0 Å². The molecular formula is C16H37O3P. The predicted molar refractivity (Wildman–Crippen MR) is 90.0 cm³/mol. The minimum atomic E-state index is -4.51. The number of unbranched alkanes of at least 4 members (excludes halogenated alkanes) is 6. The zero-order valence-corrected chi connectivity index (χ0v) is 14.9. The fourth-order valence-corrected chi connectivity index (χ4v) is 4.89. The average Bonchev–Trinajstić information content (AvgIpc) is 2.38. The van der Waals surface area contributed by atoms with Crippen LogP contribution in [0.25, 0.3) is 0 Å². The Bertz CT molecular complexity index is 226. The number of hydrogen-bond acceptors (Lipinski definition) is 3. The van der Waals surface area contributed by atoms with E-state index >= 15 is 0 Å². The van der Waals surface area contributed by atoms with E-state index in [1.54, 1.807) is 13.8 Å². The Morgan fingerprint density at radius 2 is 1.00 bits per heavy atom. The van der Waals surface area contributed by atoms with E-state index in [-0.39, 0.29) is 11.3 Å². The molecule has 3 nitrogen and oxygen atoms in total. The molecule has 0 aromatic heterocycles. The zero-order valence-electron chi connectivity index (χ0n) is 14.0. The van der Waals surface area contributed by atoms with Crippen LogP contribution in [0.5, 0.6) is 0 Å². The molecule has 4 heteroatoms. The molecule has 0 spiro atoms. The molecular weight excluding hydrogens is 271 g/mol. The van der Waals surface area contributed by atoms with Crippen molar-refractivity contribution in [3.05, 3.63) is 0 Å². The van der Waals surface area contributed by atoms with Gasteiger partial charge in [-0.1, -0.05) is 0 Å². The maximum absolute atomic E-state index is 10.5. The quantitative estimate of drug-likeness (QED) is 0.352. The van der Waals surface area contributed by atoms with Gasteiger partial charge in [0.2, 0.25) is 0 Å². The van der Waals surface area contributed by atoms with Crippen LogP contribution in [0.2, 0.25) is 0 Å². The summed E-state index contributed by atoms with van der Waals surface area (Å²) in [6, 6.07) is 0. The van der Waals surface area contributed by atoms with Crippen molar-refractivity contribution < 1.29 is 14.7 Å². The third kappa shape index (κ3) is 6.85. The van der Waals surface area contributed by atoms with Gasteiger partial charge >= 0.3 is 125 Å². The van der Waals surface area contributed by atoms with E-state index in [1.807, 2.05) is 0 Å². The van der Waals surface area contributed by atoms with Crippen molar-refractivity contribution in [2.24, 2.45) is 0 Å². The molecule has 0 heterocycles. The normalized spacial score (nSPS) is 17.4. The third-order valence-corrected chi connectivity index (χ3v) is 8.54. The predicted octanol–water partition coefficient (Wildman–Crippen LogP) is 4.98. The standard InChI is InChI=1S/C16H37O3P/c1-5-7-9-11-13-15(3)20(17,18,19)16(4)14-12-10-8-6-2/h15-19H,5-14H2,1-4H3. The molecule has 20 heavy (non-hydrogen) atoms. The van der Waals surface area contributed by atoms with E-state index in [2.05, 4.69) is 13.8 Å². The molecule has 0 aromatic carbocycles. The fourth-order valence-electron chi connectivity index (χ4n) is 2.66. The van der Waals surface area contributed by atoms with Gasteiger partial charge in [-0.15, -0.1) is 0 Å². The molecule has 0 aromatic rings. The first kappa shape index (κ1) is 20.3. The van der Waals surface area contributed by atoms with E-state index < -0.39 is 7.28 Å². The molecule has 0 aliphatic rings. The van der Waals surface area contributed by atoms with Crippen molar-refractivity contribution in [1.82, 2.24) is 0 Å². The summed E-state index contributed by atoms with van der Waals surface area (Å²) >= 11 is 0. The van der Waals surface area contributed by atoms with Crippen LogP contribution < -0.4 is 0 Å². The Kier molecular flexibility index (Phi) is 9.50. The first-order valence-electron chi connectivity index (χ1n) is 8.50. The van der Waals surface area contributed by atoms with Crippen molar-refractivity contribution >= 4 is 7.28 Å². The summed E-state index contributed by atoms with van der Waals surface area (Å²) in [6.45, 7) is 7.91. The Hall–Kier alpha value is 0.310. The van der Waals surface area contributed by atoms with Gasteiger partial charge in [0.15, 0.2) is 0 Å². The van der Waals surface area contributed by atoms with Gasteiger partial charge in [-0.05, 0) is 0 Å². The van der Waals surface area contributed by atoms with E-state index in [0.29, 0.717) is 12.8 Å². The van der Waals surface area contributed by atoms with Gasteiger partial charge in [0.25, 0.3) is 0 Å². The van der Waals surface area contributed by atoms with Crippen molar-refractivity contribution in [2.75, 3.05) is 0 Å². The third-order valence-electron chi connectivity index (χ3n) is 4.64. The Morgan fingerprint density at radius 1 is 0.650 bits per heavy atom. The molecule has 0 saturated carbocycles. The average molecular weight is 308 g/mol. The van der Waals surface area contributed by atoms with Crippen LogP contribution in [0.3, 0.4) is 0 Å². The van der Waals surface area contributed by atoms with Crippen LogP contribution in [-0.4, -0.2) is 26.0 Å². The molecule has 0 amide bonds. The summed E-state index contributed by atoms with van der Waals surface area (Å²) in [5.41, 5.74) is -0.780. The van der Waals surface area contributed by atoms with Crippen molar-refractivity contribution in [3.63, 3.8) is 0 Å². The molecule has 124 valence electrons. The van der Waals surface area contributed by atoms with Gasteiger partial charge in [-0.25, -0.2) is 0 Å². The monoisotopic (exact) mass is 308 g/mol. The molecule has 0 saturated heterocycles. The first-order valence-corrected chi connectivity index (χ1v) is 10.7.